The van der Waals surface area contributed by atoms with E-state index in [4.69, 9.17) is 0 Å². The molecule has 0 aromatic rings. The highest BCUT2D eigenvalue weighted by Gasteiger charge is 2.26. The summed E-state index contributed by atoms with van der Waals surface area (Å²) in [6.07, 6.45) is -2.98. The van der Waals surface area contributed by atoms with E-state index in [-0.39, 0.29) is 13.1 Å². The second-order valence-electron chi connectivity index (χ2n) is 3.59. The Bertz CT molecular complexity index is 356. The molecule has 0 aliphatic heterocycles. The Morgan fingerprint density at radius 1 is 1.22 bits per heavy atom. The molecule has 0 spiro atoms. The van der Waals surface area contributed by atoms with Crippen LogP contribution in [-0.2, 0) is 14.8 Å². The lowest BCUT2D eigenvalue weighted by atomic mass is 10.4. The SMILES string of the molecule is CS(=O)(=O)NCCCNC(=O)CNCC(F)(F)F. The zero-order chi connectivity index (χ0) is 14.2. The lowest BCUT2D eigenvalue weighted by molar-refractivity contribution is -0.128. The van der Waals surface area contributed by atoms with Crippen LogP contribution in [0.3, 0.4) is 0 Å². The lowest BCUT2D eigenvalue weighted by Gasteiger charge is -2.08. The summed E-state index contributed by atoms with van der Waals surface area (Å²) in [6, 6.07) is 0. The standard InChI is InChI=1S/C8H16F3N3O3S/c1-18(16,17)14-4-2-3-13-7(15)5-12-6-8(9,10)11/h12,14H,2-6H2,1H3,(H,13,15). The van der Waals surface area contributed by atoms with Crippen molar-refractivity contribution in [3.63, 3.8) is 0 Å². The van der Waals surface area contributed by atoms with Gasteiger partial charge in [-0.05, 0) is 6.42 Å². The van der Waals surface area contributed by atoms with Crippen molar-refractivity contribution in [2.75, 3.05) is 32.4 Å². The van der Waals surface area contributed by atoms with Crippen LogP contribution in [-0.4, -0.2) is 52.9 Å². The molecule has 0 aromatic carbocycles. The van der Waals surface area contributed by atoms with E-state index in [2.05, 4.69) is 10.0 Å². The van der Waals surface area contributed by atoms with Crippen molar-refractivity contribution in [1.29, 1.82) is 0 Å². The third-order valence-electron chi connectivity index (χ3n) is 1.65. The van der Waals surface area contributed by atoms with E-state index >= 15 is 0 Å². The highest BCUT2D eigenvalue weighted by molar-refractivity contribution is 7.88. The lowest BCUT2D eigenvalue weighted by Crippen LogP contribution is -2.39. The molecule has 3 N–H and O–H groups in total. The summed E-state index contributed by atoms with van der Waals surface area (Å²) in [6.45, 7) is -1.31. The number of hydrogen-bond donors (Lipinski definition) is 3. The first-order valence-corrected chi connectivity index (χ1v) is 6.98. The molecular weight excluding hydrogens is 275 g/mol. The molecule has 1 amide bonds. The maximum Gasteiger partial charge on any atom is 0.401 e. The number of carbonyl (C=O) groups is 1. The van der Waals surface area contributed by atoms with Crippen molar-refractivity contribution in [2.24, 2.45) is 0 Å². The molecular formula is C8H16F3N3O3S. The third-order valence-corrected chi connectivity index (χ3v) is 2.38. The molecule has 10 heteroatoms. The minimum atomic E-state index is -4.35. The van der Waals surface area contributed by atoms with Gasteiger partial charge >= 0.3 is 6.18 Å². The van der Waals surface area contributed by atoms with E-state index in [1.807, 2.05) is 5.32 Å². The molecule has 0 fully saturated rings. The Balaban J connectivity index is 3.49. The fourth-order valence-corrected chi connectivity index (χ4v) is 1.47. The Kier molecular flexibility index (Phi) is 7.18. The first-order chi connectivity index (χ1) is 8.10. The minimum Gasteiger partial charge on any atom is -0.355 e. The van der Waals surface area contributed by atoms with Crippen molar-refractivity contribution < 1.29 is 26.4 Å². The monoisotopic (exact) mass is 291 g/mol. The fourth-order valence-electron chi connectivity index (χ4n) is 0.954. The predicted octanol–water partition coefficient (Wildman–Crippen LogP) is -0.806. The average molecular weight is 291 g/mol. The van der Waals surface area contributed by atoms with Crippen molar-refractivity contribution in [2.45, 2.75) is 12.6 Å². The number of halogens is 3. The van der Waals surface area contributed by atoms with Crippen LogP contribution < -0.4 is 15.4 Å². The molecule has 0 rings (SSSR count). The summed E-state index contributed by atoms with van der Waals surface area (Å²) >= 11 is 0. The van der Waals surface area contributed by atoms with Crippen LogP contribution in [0.25, 0.3) is 0 Å². The number of rotatable bonds is 8. The van der Waals surface area contributed by atoms with Crippen molar-refractivity contribution in [3.8, 4) is 0 Å². The van der Waals surface area contributed by atoms with Gasteiger partial charge < -0.3 is 10.6 Å². The Hall–Kier alpha value is -0.870. The van der Waals surface area contributed by atoms with Gasteiger partial charge in [-0.3, -0.25) is 4.79 Å². The summed E-state index contributed by atoms with van der Waals surface area (Å²) in [7, 11) is -3.26. The molecule has 0 radical (unpaired) electrons. The second kappa shape index (κ2) is 7.54. The molecule has 0 saturated carbocycles. The van der Waals surface area contributed by atoms with Crippen LogP contribution in [0.5, 0.6) is 0 Å². The van der Waals surface area contributed by atoms with Gasteiger partial charge in [0.15, 0.2) is 0 Å². The van der Waals surface area contributed by atoms with E-state index < -0.39 is 35.2 Å². The number of nitrogens with one attached hydrogen (secondary N) is 3. The zero-order valence-corrected chi connectivity index (χ0v) is 10.6. The van der Waals surface area contributed by atoms with Crippen molar-refractivity contribution >= 4 is 15.9 Å². The number of hydrogen-bond acceptors (Lipinski definition) is 4. The first-order valence-electron chi connectivity index (χ1n) is 5.09. The molecule has 108 valence electrons. The van der Waals surface area contributed by atoms with Gasteiger partial charge in [0.2, 0.25) is 15.9 Å². The topological polar surface area (TPSA) is 87.3 Å². The molecule has 18 heavy (non-hydrogen) atoms. The van der Waals surface area contributed by atoms with Crippen LogP contribution in [0.1, 0.15) is 6.42 Å². The fraction of sp³-hybridized carbons (Fsp3) is 0.875. The van der Waals surface area contributed by atoms with Gasteiger partial charge in [0, 0.05) is 13.1 Å². The Labute approximate surface area is 103 Å². The van der Waals surface area contributed by atoms with Crippen molar-refractivity contribution in [1.82, 2.24) is 15.4 Å². The third kappa shape index (κ3) is 13.2. The van der Waals surface area contributed by atoms with Gasteiger partial charge in [-0.25, -0.2) is 13.1 Å². The van der Waals surface area contributed by atoms with Crippen LogP contribution in [0.15, 0.2) is 0 Å². The smallest absolute Gasteiger partial charge is 0.355 e. The van der Waals surface area contributed by atoms with Crippen LogP contribution in [0.4, 0.5) is 13.2 Å². The van der Waals surface area contributed by atoms with Gasteiger partial charge in [-0.1, -0.05) is 0 Å². The number of sulfonamides is 1. The van der Waals surface area contributed by atoms with Gasteiger partial charge in [0.25, 0.3) is 0 Å². The summed E-state index contributed by atoms with van der Waals surface area (Å²) in [5, 5.41) is 4.29. The van der Waals surface area contributed by atoms with E-state index in [1.165, 1.54) is 0 Å². The quantitative estimate of drug-likeness (QED) is 0.511. The summed E-state index contributed by atoms with van der Waals surface area (Å²) in [5.41, 5.74) is 0. The highest BCUT2D eigenvalue weighted by atomic mass is 32.2. The molecule has 0 bridgehead atoms. The van der Waals surface area contributed by atoms with Crippen molar-refractivity contribution in [3.05, 3.63) is 0 Å². The number of carbonyl (C=O) groups excluding carboxylic acids is 1. The highest BCUT2D eigenvalue weighted by Crippen LogP contribution is 2.11. The molecule has 0 atom stereocenters. The number of alkyl halides is 3. The van der Waals surface area contributed by atoms with Crippen LogP contribution >= 0.6 is 0 Å². The molecule has 0 heterocycles. The molecule has 0 aliphatic carbocycles. The van der Waals surface area contributed by atoms with E-state index in [9.17, 15) is 26.4 Å². The van der Waals surface area contributed by atoms with Gasteiger partial charge in [0.05, 0.1) is 19.3 Å². The van der Waals surface area contributed by atoms with Crippen LogP contribution in [0.2, 0.25) is 0 Å². The molecule has 6 nitrogen and oxygen atoms in total. The second-order valence-corrected chi connectivity index (χ2v) is 5.42. The summed E-state index contributed by atoms with van der Waals surface area (Å²) in [5.74, 6) is -0.571. The van der Waals surface area contributed by atoms with Gasteiger partial charge in [-0.15, -0.1) is 0 Å². The Morgan fingerprint density at radius 2 is 1.83 bits per heavy atom. The molecule has 0 aliphatic rings. The zero-order valence-electron chi connectivity index (χ0n) is 9.80. The maximum atomic E-state index is 11.7. The largest absolute Gasteiger partial charge is 0.401 e. The van der Waals surface area contributed by atoms with E-state index in [0.717, 1.165) is 6.26 Å². The van der Waals surface area contributed by atoms with E-state index in [1.54, 1.807) is 0 Å². The number of amides is 1. The molecule has 0 unspecified atom stereocenters. The molecule has 0 saturated heterocycles. The maximum absolute atomic E-state index is 11.7. The summed E-state index contributed by atoms with van der Waals surface area (Å²) < 4.78 is 58.6. The molecule has 0 aromatic heterocycles. The van der Waals surface area contributed by atoms with Crippen LogP contribution in [0, 0.1) is 0 Å². The average Bonchev–Trinajstić information content (AvgIpc) is 2.13. The Morgan fingerprint density at radius 3 is 2.33 bits per heavy atom. The normalized spacial score (nSPS) is 12.4. The van der Waals surface area contributed by atoms with Gasteiger partial charge in [0.1, 0.15) is 0 Å². The summed E-state index contributed by atoms with van der Waals surface area (Å²) in [4.78, 5) is 11.0. The predicted molar refractivity (Wildman–Crippen MR) is 59.4 cm³/mol. The van der Waals surface area contributed by atoms with Gasteiger partial charge in [-0.2, -0.15) is 13.2 Å². The van der Waals surface area contributed by atoms with E-state index in [0.29, 0.717) is 6.42 Å². The first kappa shape index (κ1) is 17.1. The minimum absolute atomic E-state index is 0.162.